The van der Waals surface area contributed by atoms with E-state index in [1.807, 2.05) is 48.5 Å². The molecular weight excluding hydrogens is 592 g/mol. The molecular formula is C26H22CuN4O6S2. The Hall–Kier alpha value is -4.08. The predicted molar refractivity (Wildman–Crippen MR) is 150 cm³/mol. The summed E-state index contributed by atoms with van der Waals surface area (Å²) in [5.41, 5.74) is 1.49. The van der Waals surface area contributed by atoms with Gasteiger partial charge in [0.25, 0.3) is 0 Å². The van der Waals surface area contributed by atoms with Crippen LogP contribution in [-0.2, 0) is 36.1 Å². The van der Waals surface area contributed by atoms with Gasteiger partial charge in [-0.05, 0) is 24.3 Å². The summed E-state index contributed by atoms with van der Waals surface area (Å²) >= 11 is 7.40. The van der Waals surface area contributed by atoms with E-state index in [9.17, 15) is 9.59 Å². The number of isothiocyanates is 2. The summed E-state index contributed by atoms with van der Waals surface area (Å²) in [5, 5.41) is 18.9. The van der Waals surface area contributed by atoms with Crippen molar-refractivity contribution in [1.29, 1.82) is 0 Å². The molecule has 0 aliphatic rings. The van der Waals surface area contributed by atoms with Crippen LogP contribution in [0.5, 0.6) is 11.5 Å². The minimum atomic E-state index is -0.409. The molecule has 0 amide bonds. The van der Waals surface area contributed by atoms with Gasteiger partial charge < -0.3 is 29.8 Å². The van der Waals surface area contributed by atoms with Crippen LogP contribution in [0.25, 0.3) is 32.6 Å². The molecule has 2 aromatic carbocycles. The molecule has 205 valence electrons. The molecule has 0 bridgehead atoms. The minimum Gasteiger partial charge on any atom is -0.753 e. The minimum absolute atomic E-state index is 0. The number of carbonyl (C=O) groups excluding carboxylic acids is 2. The van der Waals surface area contributed by atoms with Gasteiger partial charge in [0, 0.05) is 23.2 Å². The first-order chi connectivity index (χ1) is 18.4. The molecule has 4 aromatic rings. The molecule has 0 aliphatic heterocycles. The molecule has 0 saturated carbocycles. The van der Waals surface area contributed by atoms with Gasteiger partial charge in [0.15, 0.2) is 13.2 Å². The topological polar surface area (TPSA) is 141 Å². The first kappa shape index (κ1) is 34.9. The normalized spacial score (nSPS) is 8.67. The quantitative estimate of drug-likeness (QED) is 0.128. The van der Waals surface area contributed by atoms with E-state index in [1.54, 1.807) is 24.5 Å². The Morgan fingerprint density at radius 1 is 0.718 bits per heavy atom. The summed E-state index contributed by atoms with van der Waals surface area (Å²) in [6.07, 6.45) is 3.38. The van der Waals surface area contributed by atoms with Gasteiger partial charge in [0.1, 0.15) is 22.5 Å². The van der Waals surface area contributed by atoms with Crippen LogP contribution in [-0.4, -0.2) is 59.7 Å². The predicted octanol–water partition coefficient (Wildman–Crippen LogP) is 4.89. The number of fused-ring (bicyclic) bond motifs is 2. The van der Waals surface area contributed by atoms with Crippen molar-refractivity contribution in [3.05, 3.63) is 83.9 Å². The van der Waals surface area contributed by atoms with Crippen LogP contribution in [0.2, 0.25) is 0 Å². The van der Waals surface area contributed by atoms with Crippen LogP contribution in [0.1, 0.15) is 0 Å². The number of aromatic nitrogens is 2. The van der Waals surface area contributed by atoms with E-state index in [2.05, 4.69) is 43.9 Å². The van der Waals surface area contributed by atoms with Crippen molar-refractivity contribution in [3.63, 3.8) is 0 Å². The van der Waals surface area contributed by atoms with Gasteiger partial charge in [0.05, 0.1) is 14.2 Å². The number of hydrogen-bond acceptors (Lipinski definition) is 10. The average molecular weight is 614 g/mol. The number of methoxy groups -OCH3 is 2. The van der Waals surface area contributed by atoms with Gasteiger partial charge in [-0.25, -0.2) is 9.59 Å². The number of pyridine rings is 2. The molecule has 0 N–H and O–H groups in total. The number of ether oxygens (including phenoxy) is 4. The fourth-order valence-electron chi connectivity index (χ4n) is 2.78. The number of para-hydroxylation sites is 2. The zero-order valence-corrected chi connectivity index (χ0v) is 23.3. The van der Waals surface area contributed by atoms with E-state index in [-0.39, 0.29) is 30.3 Å². The van der Waals surface area contributed by atoms with Crippen molar-refractivity contribution in [2.24, 2.45) is 0 Å². The summed E-state index contributed by atoms with van der Waals surface area (Å²) in [7, 11) is 2.65. The van der Waals surface area contributed by atoms with Crippen molar-refractivity contribution < 1.29 is 45.6 Å². The molecule has 0 spiro atoms. The largest absolute Gasteiger partial charge is 2.00 e. The van der Waals surface area contributed by atoms with E-state index in [0.717, 1.165) is 21.8 Å². The molecule has 39 heavy (non-hydrogen) atoms. The van der Waals surface area contributed by atoms with Crippen molar-refractivity contribution in [2.75, 3.05) is 27.4 Å². The van der Waals surface area contributed by atoms with Crippen molar-refractivity contribution in [2.45, 2.75) is 0 Å². The van der Waals surface area contributed by atoms with Gasteiger partial charge in [-0.2, -0.15) is 10.3 Å². The molecule has 0 unspecified atom stereocenters. The fraction of sp³-hybridized carbons (Fsp3) is 0.154. The zero-order valence-electron chi connectivity index (χ0n) is 20.7. The second-order valence-corrected chi connectivity index (χ2v) is 6.94. The maximum Gasteiger partial charge on any atom is 2.00 e. The molecule has 0 aliphatic carbocycles. The Balaban J connectivity index is 0.000000604. The molecule has 1 radical (unpaired) electrons. The number of rotatable bonds is 6. The van der Waals surface area contributed by atoms with Gasteiger partial charge in [-0.15, -0.1) is 0 Å². The Morgan fingerprint density at radius 3 is 1.38 bits per heavy atom. The molecule has 4 rings (SSSR count). The van der Waals surface area contributed by atoms with E-state index in [1.165, 1.54) is 24.5 Å². The molecule has 2 aromatic heterocycles. The molecule has 2 heterocycles. The van der Waals surface area contributed by atoms with Crippen LogP contribution >= 0.6 is 24.4 Å². The smallest absolute Gasteiger partial charge is 0.753 e. The third-order valence-electron chi connectivity index (χ3n) is 4.34. The second kappa shape index (κ2) is 20.9. The zero-order chi connectivity index (χ0) is 28.2. The van der Waals surface area contributed by atoms with E-state index < -0.39 is 11.9 Å². The fourth-order valence-corrected chi connectivity index (χ4v) is 2.78. The SMILES string of the molecule is COC(=O)COc1cccc2cccnc12.COC(=O)COc1cccc2cccnc12.[Cu+2].[N-]=C=S.[N-]=C=S. The van der Waals surface area contributed by atoms with E-state index in [4.69, 9.17) is 20.3 Å². The summed E-state index contributed by atoms with van der Waals surface area (Å²) in [5.74, 6) is 0.355. The van der Waals surface area contributed by atoms with Crippen LogP contribution in [0.3, 0.4) is 0 Å². The van der Waals surface area contributed by atoms with Gasteiger partial charge in [-0.3, -0.25) is 9.97 Å². The number of thiocarbonyl (C=S) groups is 2. The standard InChI is InChI=1S/2C12H11NO3.2CNS.Cu/c2*1-15-11(14)8-16-10-6-2-4-9-5-3-7-13-12(9)10;2*2-1-3;/h2*2-7H,8H2,1H3;;;/q;;2*-1;+2. The Bertz CT molecular complexity index is 1290. The third kappa shape index (κ3) is 12.8. The summed E-state index contributed by atoms with van der Waals surface area (Å²) < 4.78 is 19.7. The summed E-state index contributed by atoms with van der Waals surface area (Å²) in [4.78, 5) is 30.3. The third-order valence-corrected chi connectivity index (χ3v) is 4.34. The van der Waals surface area contributed by atoms with Crippen LogP contribution in [0.4, 0.5) is 0 Å². The number of benzene rings is 2. The second-order valence-electron chi connectivity index (χ2n) is 6.57. The van der Waals surface area contributed by atoms with E-state index >= 15 is 0 Å². The number of carbonyl (C=O) groups is 2. The number of hydrogen-bond donors (Lipinski definition) is 0. The first-order valence-corrected chi connectivity index (χ1v) is 11.4. The maximum absolute atomic E-state index is 11.0. The van der Waals surface area contributed by atoms with Crippen LogP contribution in [0, 0.1) is 0 Å². The first-order valence-electron chi connectivity index (χ1n) is 10.5. The van der Waals surface area contributed by atoms with Gasteiger partial charge >= 0.3 is 29.0 Å². The Morgan fingerprint density at radius 2 is 1.05 bits per heavy atom. The van der Waals surface area contributed by atoms with Crippen molar-refractivity contribution in [3.8, 4) is 11.5 Å². The molecule has 0 saturated heterocycles. The number of nitrogens with zero attached hydrogens (tertiary/aromatic N) is 4. The van der Waals surface area contributed by atoms with Crippen LogP contribution < -0.4 is 9.47 Å². The summed E-state index contributed by atoms with van der Waals surface area (Å²) in [6, 6.07) is 18.7. The molecule has 0 atom stereocenters. The monoisotopic (exact) mass is 613 g/mol. The van der Waals surface area contributed by atoms with Gasteiger partial charge in [0.2, 0.25) is 0 Å². The van der Waals surface area contributed by atoms with Crippen molar-refractivity contribution >= 4 is 68.5 Å². The molecule has 13 heteroatoms. The molecule has 10 nitrogen and oxygen atoms in total. The van der Waals surface area contributed by atoms with Crippen LogP contribution in [0.15, 0.2) is 73.1 Å². The Kier molecular flexibility index (Phi) is 18.7. The summed E-state index contributed by atoms with van der Waals surface area (Å²) in [6.45, 7) is -0.210. The van der Waals surface area contributed by atoms with Crippen molar-refractivity contribution in [1.82, 2.24) is 9.97 Å². The van der Waals surface area contributed by atoms with E-state index in [0.29, 0.717) is 11.5 Å². The van der Waals surface area contributed by atoms with Gasteiger partial charge in [-0.1, -0.05) is 60.8 Å². The maximum atomic E-state index is 11.0. The average Bonchev–Trinajstić information content (AvgIpc) is 2.95. The Labute approximate surface area is 246 Å². The number of esters is 2. The molecule has 0 fully saturated rings.